The summed E-state index contributed by atoms with van der Waals surface area (Å²) in [6.07, 6.45) is 0. The number of nitrogens with one attached hydrogen (secondary N) is 2. The third-order valence-electron chi connectivity index (χ3n) is 3.74. The fraction of sp³-hybridized carbons (Fsp3) is 0.200. The predicted molar refractivity (Wildman–Crippen MR) is 103 cm³/mol. The van der Waals surface area contributed by atoms with Gasteiger partial charge >= 0.3 is 71.1 Å². The molecule has 0 aliphatic carbocycles. The fourth-order valence-corrected chi connectivity index (χ4v) is 2.04. The molecule has 0 aromatic heterocycles. The van der Waals surface area contributed by atoms with Crippen molar-refractivity contribution >= 4 is 35.3 Å². The van der Waals surface area contributed by atoms with E-state index in [1.165, 1.54) is 62.4 Å². The maximum atomic E-state index is 10.5. The van der Waals surface area contributed by atoms with Crippen molar-refractivity contribution in [2.75, 3.05) is 10.6 Å². The van der Waals surface area contributed by atoms with E-state index in [9.17, 15) is 29.4 Å². The van der Waals surface area contributed by atoms with Gasteiger partial charge in [-0.1, -0.05) is 0 Å². The molecule has 2 atom stereocenters. The standard InChI is InChI=1S/2C10H11NO4.2Na/c2*1-6(9(12)13)11-8-4-2-7(3-5-8)10(14)15;;/h2*2-6,11H,1H3,(H,12,13)(H,14,15);;/q;;2*+1/p-2. The molecule has 12 heteroatoms. The van der Waals surface area contributed by atoms with Crippen LogP contribution in [0.2, 0.25) is 0 Å². The molecule has 4 N–H and O–H groups in total. The van der Waals surface area contributed by atoms with Crippen molar-refractivity contribution in [1.82, 2.24) is 0 Å². The molecule has 0 fully saturated rings. The van der Waals surface area contributed by atoms with E-state index < -0.39 is 36.0 Å². The van der Waals surface area contributed by atoms with Crippen molar-refractivity contribution in [3.63, 3.8) is 0 Å². The minimum atomic E-state index is -1.21. The van der Waals surface area contributed by atoms with Crippen LogP contribution in [0.1, 0.15) is 34.6 Å². The molecule has 0 saturated carbocycles. The zero-order chi connectivity index (χ0) is 22.8. The van der Waals surface area contributed by atoms with Crippen molar-refractivity contribution in [3.8, 4) is 0 Å². The molecule has 0 spiro atoms. The number of hydrogen-bond acceptors (Lipinski definition) is 8. The topological polar surface area (TPSA) is 179 Å². The van der Waals surface area contributed by atoms with E-state index >= 15 is 0 Å². The van der Waals surface area contributed by atoms with E-state index in [0.29, 0.717) is 11.4 Å². The summed E-state index contributed by atoms with van der Waals surface area (Å²) in [6.45, 7) is 2.89. The molecule has 2 rings (SSSR count). The molecule has 0 aliphatic rings. The molecule has 2 unspecified atom stereocenters. The third kappa shape index (κ3) is 11.5. The van der Waals surface area contributed by atoms with Crippen LogP contribution in [-0.4, -0.2) is 46.2 Å². The fourth-order valence-electron chi connectivity index (χ4n) is 2.04. The minimum absolute atomic E-state index is 0. The van der Waals surface area contributed by atoms with Gasteiger partial charge in [-0.3, -0.25) is 0 Å². The maximum Gasteiger partial charge on any atom is 1.00 e. The summed E-state index contributed by atoms with van der Waals surface area (Å²) in [5, 5.41) is 43.4. The van der Waals surface area contributed by atoms with E-state index in [1.54, 1.807) is 0 Å². The molecule has 0 saturated heterocycles. The molecule has 2 aromatic carbocycles. The van der Waals surface area contributed by atoms with Crippen LogP contribution >= 0.6 is 0 Å². The second-order valence-corrected chi connectivity index (χ2v) is 6.14. The second kappa shape index (κ2) is 15.7. The number of aromatic carboxylic acids is 2. The van der Waals surface area contributed by atoms with Gasteiger partial charge in [-0.05, 0) is 62.4 Å². The van der Waals surface area contributed by atoms with E-state index in [-0.39, 0.29) is 70.2 Å². The smallest absolute Gasteiger partial charge is 0.548 e. The van der Waals surface area contributed by atoms with Crippen molar-refractivity contribution in [3.05, 3.63) is 59.7 Å². The Bertz CT molecular complexity index is 829. The molecule has 0 heterocycles. The van der Waals surface area contributed by atoms with Gasteiger partial charge in [-0.2, -0.15) is 0 Å². The quantitative estimate of drug-likeness (QED) is 0.276. The molecule has 0 amide bonds. The third-order valence-corrected chi connectivity index (χ3v) is 3.74. The summed E-state index contributed by atoms with van der Waals surface area (Å²) in [6, 6.07) is 9.96. The SMILES string of the molecule is CC(Nc1ccc(C(=O)O)cc1)C(=O)[O-].CC(Nc1ccc(C(=O)O)cc1)C(=O)[O-].[Na+].[Na+]. The van der Waals surface area contributed by atoms with Gasteiger partial charge in [-0.25, -0.2) is 9.59 Å². The van der Waals surface area contributed by atoms with Gasteiger partial charge in [0.05, 0.1) is 35.1 Å². The van der Waals surface area contributed by atoms with E-state index in [2.05, 4.69) is 10.6 Å². The van der Waals surface area contributed by atoms with E-state index in [0.717, 1.165) is 0 Å². The molecule has 160 valence electrons. The number of hydrogen-bond donors (Lipinski definition) is 4. The Labute approximate surface area is 228 Å². The number of carboxylic acids is 4. The van der Waals surface area contributed by atoms with Crippen LogP contribution in [0, 0.1) is 0 Å². The Balaban J connectivity index is 0. The molecule has 32 heavy (non-hydrogen) atoms. The first-order chi connectivity index (χ1) is 14.0. The summed E-state index contributed by atoms with van der Waals surface area (Å²) in [5.41, 5.74) is 1.39. The molecule has 0 aliphatic heterocycles. The summed E-state index contributed by atoms with van der Waals surface area (Å²) >= 11 is 0. The Kier molecular flexibility index (Phi) is 15.7. The van der Waals surface area contributed by atoms with Crippen LogP contribution in [0.4, 0.5) is 11.4 Å². The number of rotatable bonds is 8. The van der Waals surface area contributed by atoms with E-state index in [4.69, 9.17) is 10.2 Å². The summed E-state index contributed by atoms with van der Waals surface area (Å²) in [7, 11) is 0. The number of carbonyl (C=O) groups is 4. The Morgan fingerprint density at radius 1 is 0.656 bits per heavy atom. The van der Waals surface area contributed by atoms with E-state index in [1.807, 2.05) is 0 Å². The Hall–Kier alpha value is -2.08. The van der Waals surface area contributed by atoms with Gasteiger partial charge in [0.2, 0.25) is 0 Å². The van der Waals surface area contributed by atoms with Gasteiger partial charge in [-0.15, -0.1) is 0 Å². The summed E-state index contributed by atoms with van der Waals surface area (Å²) < 4.78 is 0. The number of aliphatic carboxylic acids is 2. The molecule has 10 nitrogen and oxygen atoms in total. The second-order valence-electron chi connectivity index (χ2n) is 6.14. The molecular formula is C20H20N2Na2O8. The minimum Gasteiger partial charge on any atom is -0.548 e. The predicted octanol–water partition coefficient (Wildman–Crippen LogP) is -6.12. The van der Waals surface area contributed by atoms with Gasteiger partial charge in [0.25, 0.3) is 0 Å². The first-order valence-corrected chi connectivity index (χ1v) is 8.62. The van der Waals surface area contributed by atoms with Crippen LogP contribution in [0.25, 0.3) is 0 Å². The number of anilines is 2. The average Bonchev–Trinajstić information content (AvgIpc) is 2.69. The van der Waals surface area contributed by atoms with Crippen LogP contribution in [0.3, 0.4) is 0 Å². The number of carboxylic acid groups (broad SMARTS) is 4. The Morgan fingerprint density at radius 3 is 1.09 bits per heavy atom. The zero-order valence-electron chi connectivity index (χ0n) is 18.1. The van der Waals surface area contributed by atoms with Crippen molar-refractivity contribution in [2.45, 2.75) is 25.9 Å². The van der Waals surface area contributed by atoms with Crippen LogP contribution < -0.4 is 80.0 Å². The first kappa shape index (κ1) is 32.1. The zero-order valence-corrected chi connectivity index (χ0v) is 22.1. The van der Waals surface area contributed by atoms with Gasteiger partial charge in [0.15, 0.2) is 0 Å². The molecule has 0 radical (unpaired) electrons. The largest absolute Gasteiger partial charge is 1.00 e. The Morgan fingerprint density at radius 2 is 0.906 bits per heavy atom. The summed E-state index contributed by atoms with van der Waals surface area (Å²) in [4.78, 5) is 41.9. The molecule has 2 aromatic rings. The van der Waals surface area contributed by atoms with Gasteiger partial charge in [0.1, 0.15) is 0 Å². The van der Waals surface area contributed by atoms with Crippen molar-refractivity contribution < 1.29 is 98.7 Å². The number of benzene rings is 2. The summed E-state index contributed by atoms with van der Waals surface area (Å²) in [5.74, 6) is -4.46. The van der Waals surface area contributed by atoms with Crippen molar-refractivity contribution in [2.24, 2.45) is 0 Å². The molecular weight excluding hydrogens is 442 g/mol. The number of carbonyl (C=O) groups excluding carboxylic acids is 2. The normalized spacial score (nSPS) is 11.1. The van der Waals surface area contributed by atoms with Gasteiger partial charge in [0, 0.05) is 11.4 Å². The van der Waals surface area contributed by atoms with Crippen LogP contribution in [0.5, 0.6) is 0 Å². The van der Waals surface area contributed by atoms with Crippen LogP contribution in [-0.2, 0) is 9.59 Å². The van der Waals surface area contributed by atoms with Gasteiger partial charge < -0.3 is 40.6 Å². The average molecular weight is 462 g/mol. The molecule has 0 bridgehead atoms. The monoisotopic (exact) mass is 462 g/mol. The maximum absolute atomic E-state index is 10.5. The van der Waals surface area contributed by atoms with Crippen molar-refractivity contribution in [1.29, 1.82) is 0 Å². The van der Waals surface area contributed by atoms with Crippen LogP contribution in [0.15, 0.2) is 48.5 Å². The first-order valence-electron chi connectivity index (χ1n) is 8.62.